The summed E-state index contributed by atoms with van der Waals surface area (Å²) in [5, 5.41) is 4.23. The molecule has 33 heavy (non-hydrogen) atoms. The molecule has 2 aromatic carbocycles. The molecule has 1 aliphatic heterocycles. The van der Waals surface area contributed by atoms with E-state index >= 15 is 0 Å². The minimum atomic E-state index is -4.40. The van der Waals surface area contributed by atoms with Gasteiger partial charge in [-0.3, -0.25) is 4.40 Å². The largest absolute Gasteiger partial charge is 0.416 e. The fourth-order valence-corrected chi connectivity index (χ4v) is 4.49. The van der Waals surface area contributed by atoms with Gasteiger partial charge >= 0.3 is 6.18 Å². The van der Waals surface area contributed by atoms with Gasteiger partial charge in [0.1, 0.15) is 5.82 Å². The number of nitrogens with one attached hydrogen (secondary N) is 1. The Kier molecular flexibility index (Phi) is 5.36. The highest BCUT2D eigenvalue weighted by molar-refractivity contribution is 5.93. The van der Waals surface area contributed by atoms with E-state index in [1.54, 1.807) is 12.3 Å². The number of hydrogen-bond donors (Lipinski definition) is 1. The van der Waals surface area contributed by atoms with E-state index in [0.29, 0.717) is 30.4 Å². The first-order valence-corrected chi connectivity index (χ1v) is 10.9. The summed E-state index contributed by atoms with van der Waals surface area (Å²) in [6, 6.07) is 10.1. The molecule has 172 valence electrons. The Morgan fingerprint density at radius 3 is 2.67 bits per heavy atom. The van der Waals surface area contributed by atoms with Gasteiger partial charge in [0.05, 0.1) is 30.3 Å². The van der Waals surface area contributed by atoms with Gasteiger partial charge in [-0.05, 0) is 49.2 Å². The van der Waals surface area contributed by atoms with Crippen molar-refractivity contribution < 1.29 is 17.9 Å². The number of fused-ring (bicyclic) bond motifs is 3. The molecule has 0 radical (unpaired) electrons. The SMILES string of the molecule is Cc1c(C(C)Nc2nc3nccn3c3ccc(N4CCOCC4)cc23)cccc1C(F)(F)F. The second kappa shape index (κ2) is 8.22. The molecular weight excluding hydrogens is 431 g/mol. The lowest BCUT2D eigenvalue weighted by Crippen LogP contribution is -2.36. The molecule has 6 nitrogen and oxygen atoms in total. The van der Waals surface area contributed by atoms with Crippen molar-refractivity contribution in [3.05, 3.63) is 65.5 Å². The molecule has 0 bridgehead atoms. The standard InChI is InChI=1S/C24H24F3N5O/c1-15-18(4-3-5-20(15)24(25,26)27)16(2)29-22-19-14-17(31-10-12-33-13-11-31)6-7-21(19)32-9-8-28-23(32)30-22/h3-9,14,16H,10-13H2,1-2H3,(H,28,29,30). The van der Waals surface area contributed by atoms with Crippen LogP contribution in [0, 0.1) is 6.92 Å². The lowest BCUT2D eigenvalue weighted by molar-refractivity contribution is -0.138. The molecule has 5 rings (SSSR count). The summed E-state index contributed by atoms with van der Waals surface area (Å²) in [7, 11) is 0. The van der Waals surface area contributed by atoms with E-state index in [0.717, 1.165) is 35.7 Å². The number of anilines is 2. The molecule has 9 heteroatoms. The van der Waals surface area contributed by atoms with Gasteiger partial charge in [-0.1, -0.05) is 12.1 Å². The smallest absolute Gasteiger partial charge is 0.378 e. The minimum Gasteiger partial charge on any atom is -0.378 e. The van der Waals surface area contributed by atoms with Gasteiger partial charge in [0.2, 0.25) is 5.78 Å². The van der Waals surface area contributed by atoms with Crippen LogP contribution in [-0.2, 0) is 10.9 Å². The van der Waals surface area contributed by atoms with E-state index in [9.17, 15) is 13.2 Å². The lowest BCUT2D eigenvalue weighted by Gasteiger charge is -2.29. The molecule has 0 amide bonds. The van der Waals surface area contributed by atoms with E-state index in [1.165, 1.54) is 13.0 Å². The van der Waals surface area contributed by atoms with Gasteiger partial charge in [0.15, 0.2) is 0 Å². The molecule has 0 saturated carbocycles. The van der Waals surface area contributed by atoms with Crippen molar-refractivity contribution in [2.75, 3.05) is 36.5 Å². The zero-order chi connectivity index (χ0) is 23.2. The van der Waals surface area contributed by atoms with Crippen LogP contribution in [-0.4, -0.2) is 40.7 Å². The fourth-order valence-electron chi connectivity index (χ4n) is 4.49. The molecule has 2 aromatic heterocycles. The normalized spacial score (nSPS) is 15.8. The van der Waals surface area contributed by atoms with Gasteiger partial charge in [-0.25, -0.2) is 4.98 Å². The van der Waals surface area contributed by atoms with Crippen LogP contribution >= 0.6 is 0 Å². The second-order valence-corrected chi connectivity index (χ2v) is 8.24. The summed E-state index contributed by atoms with van der Waals surface area (Å²) in [5.41, 5.74) is 2.14. The first-order valence-electron chi connectivity index (χ1n) is 10.9. The van der Waals surface area contributed by atoms with E-state index in [2.05, 4.69) is 27.3 Å². The van der Waals surface area contributed by atoms with Crippen LogP contribution in [0.5, 0.6) is 0 Å². The molecule has 1 aliphatic rings. The van der Waals surface area contributed by atoms with Gasteiger partial charge in [0.25, 0.3) is 0 Å². The third kappa shape index (κ3) is 3.97. The van der Waals surface area contributed by atoms with Crippen LogP contribution in [0.2, 0.25) is 0 Å². The number of hydrogen-bond acceptors (Lipinski definition) is 5. The maximum Gasteiger partial charge on any atom is 0.416 e. The number of ether oxygens (including phenoxy) is 1. The number of aromatic nitrogens is 3. The van der Waals surface area contributed by atoms with E-state index in [4.69, 9.17) is 9.72 Å². The third-order valence-electron chi connectivity index (χ3n) is 6.20. The van der Waals surface area contributed by atoms with E-state index in [-0.39, 0.29) is 5.56 Å². The molecule has 1 atom stereocenters. The van der Waals surface area contributed by atoms with Gasteiger partial charge in [0, 0.05) is 36.6 Å². The fraction of sp³-hybridized carbons (Fsp3) is 0.333. The number of imidazole rings is 1. The number of halogens is 3. The zero-order valence-corrected chi connectivity index (χ0v) is 18.4. The predicted molar refractivity (Wildman–Crippen MR) is 122 cm³/mol. The third-order valence-corrected chi connectivity index (χ3v) is 6.20. The average molecular weight is 455 g/mol. The van der Waals surface area contributed by atoms with Crippen molar-refractivity contribution in [1.82, 2.24) is 14.4 Å². The van der Waals surface area contributed by atoms with Crippen molar-refractivity contribution >= 4 is 28.2 Å². The summed E-state index contributed by atoms with van der Waals surface area (Å²) >= 11 is 0. The summed E-state index contributed by atoms with van der Waals surface area (Å²) in [6.45, 7) is 6.30. The van der Waals surface area contributed by atoms with E-state index < -0.39 is 17.8 Å². The van der Waals surface area contributed by atoms with Crippen LogP contribution in [0.15, 0.2) is 48.8 Å². The van der Waals surface area contributed by atoms with Crippen molar-refractivity contribution in [2.24, 2.45) is 0 Å². The van der Waals surface area contributed by atoms with Gasteiger partial charge in [-0.2, -0.15) is 18.2 Å². The van der Waals surface area contributed by atoms with Crippen LogP contribution in [0.25, 0.3) is 16.7 Å². The monoisotopic (exact) mass is 455 g/mol. The van der Waals surface area contributed by atoms with Crippen molar-refractivity contribution in [3.63, 3.8) is 0 Å². The second-order valence-electron chi connectivity index (χ2n) is 8.24. The molecular formula is C24H24F3N5O. The highest BCUT2D eigenvalue weighted by Gasteiger charge is 2.33. The Morgan fingerprint density at radius 2 is 1.91 bits per heavy atom. The van der Waals surface area contributed by atoms with Crippen LogP contribution in [0.1, 0.15) is 29.7 Å². The average Bonchev–Trinajstić information content (AvgIpc) is 3.27. The number of benzene rings is 2. The highest BCUT2D eigenvalue weighted by atomic mass is 19.4. The molecule has 1 N–H and O–H groups in total. The van der Waals surface area contributed by atoms with Gasteiger partial charge in [-0.15, -0.1) is 0 Å². The van der Waals surface area contributed by atoms with Gasteiger partial charge < -0.3 is 15.0 Å². The minimum absolute atomic E-state index is 0.213. The number of rotatable bonds is 4. The Balaban J connectivity index is 1.58. The van der Waals surface area contributed by atoms with Crippen LogP contribution in [0.4, 0.5) is 24.7 Å². The maximum absolute atomic E-state index is 13.4. The zero-order valence-electron chi connectivity index (χ0n) is 18.4. The first-order chi connectivity index (χ1) is 15.8. The topological polar surface area (TPSA) is 54.7 Å². The van der Waals surface area contributed by atoms with Crippen molar-refractivity contribution in [2.45, 2.75) is 26.1 Å². The number of morpholine rings is 1. The maximum atomic E-state index is 13.4. The summed E-state index contributed by atoms with van der Waals surface area (Å²) in [6.07, 6.45) is -0.863. The molecule has 1 saturated heterocycles. The highest BCUT2D eigenvalue weighted by Crippen LogP contribution is 2.36. The Morgan fingerprint density at radius 1 is 1.12 bits per heavy atom. The molecule has 0 aliphatic carbocycles. The quantitative estimate of drug-likeness (QED) is 0.457. The molecule has 4 aromatic rings. The van der Waals surface area contributed by atoms with Crippen LogP contribution in [0.3, 0.4) is 0 Å². The van der Waals surface area contributed by atoms with Crippen LogP contribution < -0.4 is 10.2 Å². The Bertz CT molecular complexity index is 1310. The summed E-state index contributed by atoms with van der Waals surface area (Å²) in [4.78, 5) is 11.3. The number of alkyl halides is 3. The summed E-state index contributed by atoms with van der Waals surface area (Å²) in [5.74, 6) is 1.11. The van der Waals surface area contributed by atoms with Crippen molar-refractivity contribution in [1.29, 1.82) is 0 Å². The predicted octanol–water partition coefficient (Wildman–Crippen LogP) is 5.22. The Labute approximate surface area is 189 Å². The molecule has 3 heterocycles. The molecule has 0 spiro atoms. The first kappa shape index (κ1) is 21.5. The molecule has 1 fully saturated rings. The van der Waals surface area contributed by atoms with E-state index in [1.807, 2.05) is 23.6 Å². The molecule has 1 unspecified atom stereocenters. The summed E-state index contributed by atoms with van der Waals surface area (Å²) < 4.78 is 47.7. The van der Waals surface area contributed by atoms with Crippen molar-refractivity contribution in [3.8, 4) is 0 Å². The lowest BCUT2D eigenvalue weighted by atomic mass is 9.97. The Hall–Kier alpha value is -3.33. The number of nitrogens with zero attached hydrogens (tertiary/aromatic N) is 4.